The number of hydrogen-bond donors (Lipinski definition) is 7. The average molecular weight is 822 g/mol. The molecule has 1 amide bonds. The van der Waals surface area contributed by atoms with E-state index in [1.165, 1.54) is 0 Å². The van der Waals surface area contributed by atoms with Crippen LogP contribution in [-0.2, 0) is 36.9 Å². The van der Waals surface area contributed by atoms with Crippen LogP contribution in [0.2, 0.25) is 0 Å². The highest BCUT2D eigenvalue weighted by Gasteiger charge is 2.27. The first-order chi connectivity index (χ1) is 28.6. The maximum absolute atomic E-state index is 14.2. The smallest absolute Gasteiger partial charge is 0.328 e. The van der Waals surface area contributed by atoms with Gasteiger partial charge in [-0.2, -0.15) is 5.21 Å². The molecule has 5 aromatic rings. The molecule has 5 rings (SSSR count). The third-order valence-corrected chi connectivity index (χ3v) is 9.30. The summed E-state index contributed by atoms with van der Waals surface area (Å²) in [4.78, 5) is 41.6. The molecule has 0 aliphatic heterocycles. The summed E-state index contributed by atoms with van der Waals surface area (Å²) in [7, 11) is 0. The van der Waals surface area contributed by atoms with E-state index >= 15 is 0 Å². The Hall–Kier alpha value is -5.26. The fourth-order valence-electron chi connectivity index (χ4n) is 6.36. The van der Waals surface area contributed by atoms with Gasteiger partial charge in [0.25, 0.3) is 5.91 Å². The zero-order chi connectivity index (χ0) is 42.0. The van der Waals surface area contributed by atoms with E-state index in [1.807, 2.05) is 59.2 Å². The van der Waals surface area contributed by atoms with E-state index in [2.05, 4.69) is 42.5 Å². The van der Waals surface area contributed by atoms with E-state index in [0.29, 0.717) is 61.1 Å². The minimum Gasteiger partial charge on any atom is -0.464 e. The van der Waals surface area contributed by atoms with Gasteiger partial charge in [-0.05, 0) is 72.6 Å². The molecule has 2 unspecified atom stereocenters. The van der Waals surface area contributed by atoms with Crippen molar-refractivity contribution in [2.45, 2.75) is 83.6 Å². The summed E-state index contributed by atoms with van der Waals surface area (Å²) in [5.74, 6) is 0.0447. The van der Waals surface area contributed by atoms with Crippen molar-refractivity contribution < 1.29 is 54.7 Å². The molecule has 20 nitrogen and oxygen atoms in total. The Bertz CT molecular complexity index is 2030. The van der Waals surface area contributed by atoms with Gasteiger partial charge in [0.05, 0.1) is 47.2 Å². The number of nitrogens with one attached hydrogen (secondary N) is 2. The predicted molar refractivity (Wildman–Crippen MR) is 207 cm³/mol. The number of aromatic nitrogens is 6. The summed E-state index contributed by atoms with van der Waals surface area (Å²) < 4.78 is 13.0. The summed E-state index contributed by atoms with van der Waals surface area (Å²) in [5.41, 5.74) is 5.26. The monoisotopic (exact) mass is 821 g/mol. The van der Waals surface area contributed by atoms with Crippen molar-refractivity contribution in [1.82, 2.24) is 46.3 Å². The number of tetrazole rings is 1. The number of aryl methyl sites for hydroxylation is 1. The number of carbonyl (C=O) groups excluding carboxylic acids is 2. The molecule has 2 aromatic heterocycles. The summed E-state index contributed by atoms with van der Waals surface area (Å²) in [6, 6.07) is 20.0. The number of carbonyl (C=O) groups is 2. The number of imidazole rings is 1. The van der Waals surface area contributed by atoms with Crippen molar-refractivity contribution >= 4 is 22.9 Å². The van der Waals surface area contributed by atoms with Gasteiger partial charge >= 0.3 is 5.97 Å². The predicted octanol–water partition coefficient (Wildman–Crippen LogP) is 4.62. The topological polar surface area (TPSA) is 263 Å². The highest BCUT2D eigenvalue weighted by Crippen LogP contribution is 2.30. The van der Waals surface area contributed by atoms with Gasteiger partial charge < -0.3 is 24.5 Å². The number of aliphatic hydroxyl groups excluding tert-OH is 1. The summed E-state index contributed by atoms with van der Waals surface area (Å²) in [6.07, 6.45) is 2.75. The summed E-state index contributed by atoms with van der Waals surface area (Å²) in [5, 5.41) is 61.8. The van der Waals surface area contributed by atoms with Gasteiger partial charge in [-0.3, -0.25) is 35.3 Å². The van der Waals surface area contributed by atoms with E-state index in [0.717, 1.165) is 40.9 Å². The number of ether oxygens (including phenoxy) is 2. The van der Waals surface area contributed by atoms with Crippen LogP contribution in [0.15, 0.2) is 66.7 Å². The second-order valence-electron chi connectivity index (χ2n) is 13.6. The number of aromatic amines is 1. The fourth-order valence-corrected chi connectivity index (χ4v) is 6.36. The highest BCUT2D eigenvalue weighted by atomic mass is 17.1. The SMILES string of the molecule is CCCCc1nc2cccc(C(=O)NC(CCC(O)OCCCCON(O)O)C(=O)OCCCCON(O)O)c2n1Cc1ccc(-c2ccccc2-c2nn[nH]n2)cc1. The van der Waals surface area contributed by atoms with Gasteiger partial charge in [-0.25, -0.2) is 9.78 Å². The molecule has 2 heterocycles. The Morgan fingerprint density at radius 2 is 1.53 bits per heavy atom. The van der Waals surface area contributed by atoms with Crippen LogP contribution < -0.4 is 5.32 Å². The lowest BCUT2D eigenvalue weighted by Gasteiger charge is -2.20. The van der Waals surface area contributed by atoms with Crippen LogP contribution in [0.3, 0.4) is 0 Å². The standard InChI is InChI=1S/C39H51N9O11/c1-2-3-15-34-40-32-14-10-13-31(36(32)46(34)26-27-16-18-28(19-17-27)29-11-4-5-12-30(29)37-42-44-45-43-37)38(50)41-33(39(51)57-23-7-9-25-59-48(54)55)20-21-35(49)56-22-6-8-24-58-47(52)53/h4-5,10-14,16-19,33,35,49,52-55H,2-3,6-9,15,20-26H2,1H3,(H,41,50)(H,42,43,44,45). The largest absolute Gasteiger partial charge is 0.464 e. The van der Waals surface area contributed by atoms with E-state index in [1.54, 1.807) is 12.1 Å². The molecule has 0 saturated heterocycles. The lowest BCUT2D eigenvalue weighted by molar-refractivity contribution is -0.492. The molecule has 59 heavy (non-hydrogen) atoms. The number of rotatable bonds is 26. The van der Waals surface area contributed by atoms with Crippen LogP contribution in [0.25, 0.3) is 33.5 Å². The Morgan fingerprint density at radius 3 is 2.20 bits per heavy atom. The van der Waals surface area contributed by atoms with Crippen molar-refractivity contribution in [1.29, 1.82) is 0 Å². The van der Waals surface area contributed by atoms with Gasteiger partial charge in [0.15, 0.2) is 6.29 Å². The maximum atomic E-state index is 14.2. The number of esters is 1. The molecule has 7 N–H and O–H groups in total. The number of aliphatic hydroxyl groups is 1. The van der Waals surface area contributed by atoms with Crippen molar-refractivity contribution in [3.63, 3.8) is 0 Å². The third kappa shape index (κ3) is 13.6. The van der Waals surface area contributed by atoms with Gasteiger partial charge in [0.1, 0.15) is 11.9 Å². The highest BCUT2D eigenvalue weighted by molar-refractivity contribution is 6.06. The zero-order valence-electron chi connectivity index (χ0n) is 32.7. The molecule has 3 aromatic carbocycles. The summed E-state index contributed by atoms with van der Waals surface area (Å²) in [6.45, 7) is 2.61. The second kappa shape index (κ2) is 23.4. The lowest BCUT2D eigenvalue weighted by atomic mass is 9.98. The van der Waals surface area contributed by atoms with Crippen molar-refractivity contribution in [2.75, 3.05) is 26.4 Å². The number of fused-ring (bicyclic) bond motifs is 1. The van der Waals surface area contributed by atoms with E-state index < -0.39 is 29.6 Å². The van der Waals surface area contributed by atoms with Crippen LogP contribution in [0.5, 0.6) is 0 Å². The van der Waals surface area contributed by atoms with Gasteiger partial charge in [-0.1, -0.05) is 67.9 Å². The van der Waals surface area contributed by atoms with Crippen LogP contribution in [0.4, 0.5) is 0 Å². The Labute approximate surface area is 339 Å². The molecule has 0 fully saturated rings. The molecule has 318 valence electrons. The quantitative estimate of drug-likeness (QED) is 0.0174. The fraction of sp³-hybridized carbons (Fsp3) is 0.436. The number of nitrogens with zero attached hydrogens (tertiary/aromatic N) is 7. The molecule has 0 radical (unpaired) electrons. The molecule has 20 heteroatoms. The number of amides is 1. The maximum Gasteiger partial charge on any atom is 0.328 e. The Balaban J connectivity index is 1.34. The van der Waals surface area contributed by atoms with E-state index in [9.17, 15) is 14.7 Å². The van der Waals surface area contributed by atoms with Crippen molar-refractivity contribution in [3.8, 4) is 22.5 Å². The minimum atomic E-state index is -1.27. The molecule has 0 aliphatic rings. The normalized spacial score (nSPS) is 12.7. The van der Waals surface area contributed by atoms with Crippen molar-refractivity contribution in [2.24, 2.45) is 0 Å². The number of unbranched alkanes of at least 4 members (excludes halogenated alkanes) is 3. The Morgan fingerprint density at radius 1 is 0.831 bits per heavy atom. The van der Waals surface area contributed by atoms with Crippen LogP contribution in [0, 0.1) is 0 Å². The molecule has 0 bridgehead atoms. The van der Waals surface area contributed by atoms with Gasteiger partial charge in [0.2, 0.25) is 5.82 Å². The van der Waals surface area contributed by atoms with Crippen LogP contribution >= 0.6 is 0 Å². The third-order valence-electron chi connectivity index (χ3n) is 9.30. The summed E-state index contributed by atoms with van der Waals surface area (Å²) >= 11 is 0. The zero-order valence-corrected chi connectivity index (χ0v) is 32.7. The molecule has 0 spiro atoms. The molecule has 2 atom stereocenters. The van der Waals surface area contributed by atoms with Gasteiger partial charge in [0, 0.05) is 31.6 Å². The Kier molecular flexibility index (Phi) is 17.8. The molecule has 0 aliphatic carbocycles. The molecular formula is C39H51N9O11. The molecule has 0 saturated carbocycles. The minimum absolute atomic E-state index is 0.0207. The van der Waals surface area contributed by atoms with E-state index in [4.69, 9.17) is 35.3 Å². The van der Waals surface area contributed by atoms with Gasteiger partial charge in [-0.15, -0.1) is 10.2 Å². The van der Waals surface area contributed by atoms with Crippen molar-refractivity contribution in [3.05, 3.63) is 83.7 Å². The number of hydrogen-bond acceptors (Lipinski definition) is 17. The first kappa shape index (κ1) is 44.8. The first-order valence-corrected chi connectivity index (χ1v) is 19.4. The first-order valence-electron chi connectivity index (χ1n) is 19.4. The second-order valence-corrected chi connectivity index (χ2v) is 13.6. The van der Waals surface area contributed by atoms with Crippen LogP contribution in [-0.4, -0.2) is 118 Å². The average Bonchev–Trinajstić information content (AvgIpc) is 3.90. The van der Waals surface area contributed by atoms with E-state index in [-0.39, 0.29) is 44.7 Å². The lowest BCUT2D eigenvalue weighted by Crippen LogP contribution is -2.42. The van der Waals surface area contributed by atoms with Crippen LogP contribution in [0.1, 0.15) is 80.0 Å². The number of para-hydroxylation sites is 1. The molecular weight excluding hydrogens is 770 g/mol. The number of benzene rings is 3. The number of H-pyrrole nitrogens is 1.